The van der Waals surface area contributed by atoms with E-state index in [0.29, 0.717) is 11.7 Å². The van der Waals surface area contributed by atoms with E-state index in [0.717, 1.165) is 37.2 Å². The van der Waals surface area contributed by atoms with Gasteiger partial charge >= 0.3 is 0 Å². The van der Waals surface area contributed by atoms with E-state index in [1.807, 2.05) is 23.1 Å². The number of amides is 1. The lowest BCUT2D eigenvalue weighted by atomic mass is 9.96. The van der Waals surface area contributed by atoms with Gasteiger partial charge in [0.05, 0.1) is 5.56 Å². The Labute approximate surface area is 139 Å². The predicted molar refractivity (Wildman–Crippen MR) is 95.7 cm³/mol. The molecule has 0 bridgehead atoms. The first-order valence-corrected chi connectivity index (χ1v) is 9.19. The van der Waals surface area contributed by atoms with Gasteiger partial charge in [-0.15, -0.1) is 0 Å². The van der Waals surface area contributed by atoms with E-state index in [1.165, 1.54) is 44.9 Å². The maximum atomic E-state index is 12.8. The minimum absolute atomic E-state index is 0.128. The SMILES string of the molecule is Nc1ccc(NC2CCCCCCC2)c(C(=O)N2CCCC2)c1. The normalized spacial score (nSPS) is 20.1. The maximum absolute atomic E-state index is 12.8. The summed E-state index contributed by atoms with van der Waals surface area (Å²) in [7, 11) is 0. The van der Waals surface area contributed by atoms with Gasteiger partial charge in [-0.1, -0.05) is 32.1 Å². The number of hydrogen-bond donors (Lipinski definition) is 2. The smallest absolute Gasteiger partial charge is 0.256 e. The molecular weight excluding hydrogens is 286 g/mol. The van der Waals surface area contributed by atoms with Crippen LogP contribution < -0.4 is 11.1 Å². The van der Waals surface area contributed by atoms with Crippen LogP contribution in [0.2, 0.25) is 0 Å². The summed E-state index contributed by atoms with van der Waals surface area (Å²) in [6, 6.07) is 6.19. The molecule has 0 radical (unpaired) electrons. The standard InChI is InChI=1S/C19H29N3O/c20-15-10-11-18(21-16-8-4-2-1-3-5-9-16)17(14-15)19(23)22-12-6-7-13-22/h10-11,14,16,21H,1-9,12-13,20H2. The van der Waals surface area contributed by atoms with Crippen LogP contribution in [0.5, 0.6) is 0 Å². The van der Waals surface area contributed by atoms with E-state index < -0.39 is 0 Å². The molecule has 2 aliphatic rings. The van der Waals surface area contributed by atoms with Crippen LogP contribution in [-0.4, -0.2) is 29.9 Å². The number of nitrogens with zero attached hydrogens (tertiary/aromatic N) is 1. The number of nitrogens with two attached hydrogens (primary N) is 1. The highest BCUT2D eigenvalue weighted by molar-refractivity contribution is 6.00. The molecule has 0 atom stereocenters. The predicted octanol–water partition coefficient (Wildman–Crippen LogP) is 4.03. The Kier molecular flexibility index (Phi) is 5.42. The number of hydrogen-bond acceptors (Lipinski definition) is 3. The molecule has 2 fully saturated rings. The molecule has 1 aliphatic heterocycles. The Morgan fingerprint density at radius 3 is 2.35 bits per heavy atom. The fourth-order valence-corrected chi connectivity index (χ4v) is 3.78. The van der Waals surface area contributed by atoms with E-state index in [-0.39, 0.29) is 5.91 Å². The van der Waals surface area contributed by atoms with Crippen molar-refractivity contribution in [3.05, 3.63) is 23.8 Å². The van der Waals surface area contributed by atoms with E-state index in [4.69, 9.17) is 5.73 Å². The van der Waals surface area contributed by atoms with Crippen molar-refractivity contribution < 1.29 is 4.79 Å². The van der Waals surface area contributed by atoms with Gasteiger partial charge in [-0.2, -0.15) is 0 Å². The lowest BCUT2D eigenvalue weighted by Crippen LogP contribution is -2.29. The van der Waals surface area contributed by atoms with Gasteiger partial charge in [0.2, 0.25) is 0 Å². The van der Waals surface area contributed by atoms with Crippen LogP contribution in [0.25, 0.3) is 0 Å². The Morgan fingerprint density at radius 1 is 1.00 bits per heavy atom. The zero-order valence-corrected chi connectivity index (χ0v) is 14.0. The first-order chi connectivity index (χ1) is 11.2. The number of carbonyl (C=O) groups is 1. The molecule has 1 aliphatic carbocycles. The van der Waals surface area contributed by atoms with Crippen LogP contribution in [0.15, 0.2) is 18.2 Å². The summed E-state index contributed by atoms with van der Waals surface area (Å²) in [5.74, 6) is 0.128. The summed E-state index contributed by atoms with van der Waals surface area (Å²) >= 11 is 0. The van der Waals surface area contributed by atoms with Gasteiger partial charge in [0.25, 0.3) is 5.91 Å². The third-order valence-corrected chi connectivity index (χ3v) is 5.13. The third-order valence-electron chi connectivity index (χ3n) is 5.13. The van der Waals surface area contributed by atoms with Crippen molar-refractivity contribution >= 4 is 17.3 Å². The lowest BCUT2D eigenvalue weighted by Gasteiger charge is -2.25. The van der Waals surface area contributed by atoms with Crippen molar-refractivity contribution in [2.75, 3.05) is 24.1 Å². The van der Waals surface area contributed by atoms with Gasteiger partial charge < -0.3 is 16.0 Å². The Hall–Kier alpha value is -1.71. The van der Waals surface area contributed by atoms with Gasteiger partial charge in [-0.3, -0.25) is 4.79 Å². The quantitative estimate of drug-likeness (QED) is 0.828. The van der Waals surface area contributed by atoms with E-state index in [1.54, 1.807) is 0 Å². The van der Waals surface area contributed by atoms with Crippen molar-refractivity contribution in [1.82, 2.24) is 4.90 Å². The van der Waals surface area contributed by atoms with Crippen LogP contribution in [0.3, 0.4) is 0 Å². The van der Waals surface area contributed by atoms with Crippen LogP contribution in [0.1, 0.15) is 68.1 Å². The monoisotopic (exact) mass is 315 g/mol. The first kappa shape index (κ1) is 16.2. The number of rotatable bonds is 3. The molecule has 1 amide bonds. The zero-order chi connectivity index (χ0) is 16.1. The average molecular weight is 315 g/mol. The van der Waals surface area contributed by atoms with Crippen molar-refractivity contribution in [2.24, 2.45) is 0 Å². The van der Waals surface area contributed by atoms with E-state index in [9.17, 15) is 4.79 Å². The minimum atomic E-state index is 0.128. The fourth-order valence-electron chi connectivity index (χ4n) is 3.78. The van der Waals surface area contributed by atoms with Crippen LogP contribution >= 0.6 is 0 Å². The van der Waals surface area contributed by atoms with E-state index >= 15 is 0 Å². The van der Waals surface area contributed by atoms with E-state index in [2.05, 4.69) is 5.32 Å². The van der Waals surface area contributed by atoms with Crippen LogP contribution in [-0.2, 0) is 0 Å². The highest BCUT2D eigenvalue weighted by Gasteiger charge is 2.23. The molecule has 1 heterocycles. The number of nitrogen functional groups attached to an aromatic ring is 1. The second kappa shape index (κ2) is 7.71. The molecule has 4 nitrogen and oxygen atoms in total. The molecule has 0 spiro atoms. The molecule has 3 rings (SSSR count). The number of likely N-dealkylation sites (tertiary alicyclic amines) is 1. The van der Waals surface area contributed by atoms with Crippen LogP contribution in [0, 0.1) is 0 Å². The molecular formula is C19H29N3O. The lowest BCUT2D eigenvalue weighted by molar-refractivity contribution is 0.0793. The summed E-state index contributed by atoms with van der Waals surface area (Å²) in [6.45, 7) is 1.74. The van der Waals surface area contributed by atoms with Crippen molar-refractivity contribution in [3.63, 3.8) is 0 Å². The third kappa shape index (κ3) is 4.18. The largest absolute Gasteiger partial charge is 0.399 e. The number of nitrogens with one attached hydrogen (secondary N) is 1. The number of carbonyl (C=O) groups excluding carboxylic acids is 1. The van der Waals surface area contributed by atoms with Gasteiger partial charge in [-0.25, -0.2) is 0 Å². The second-order valence-corrected chi connectivity index (χ2v) is 6.99. The zero-order valence-electron chi connectivity index (χ0n) is 14.0. The fraction of sp³-hybridized carbons (Fsp3) is 0.632. The Bertz CT molecular complexity index is 529. The number of benzene rings is 1. The van der Waals surface area contributed by atoms with Crippen molar-refractivity contribution in [2.45, 2.75) is 63.8 Å². The molecule has 3 N–H and O–H groups in total. The molecule has 0 unspecified atom stereocenters. The minimum Gasteiger partial charge on any atom is -0.399 e. The second-order valence-electron chi connectivity index (χ2n) is 6.99. The van der Waals surface area contributed by atoms with Crippen molar-refractivity contribution in [1.29, 1.82) is 0 Å². The Balaban J connectivity index is 1.76. The van der Waals surface area contributed by atoms with Gasteiger partial charge in [0, 0.05) is 30.5 Å². The maximum Gasteiger partial charge on any atom is 0.256 e. The molecule has 23 heavy (non-hydrogen) atoms. The molecule has 1 aromatic rings. The Morgan fingerprint density at radius 2 is 1.65 bits per heavy atom. The van der Waals surface area contributed by atoms with Gasteiger partial charge in [0.15, 0.2) is 0 Å². The molecule has 126 valence electrons. The highest BCUT2D eigenvalue weighted by Crippen LogP contribution is 2.26. The summed E-state index contributed by atoms with van der Waals surface area (Å²) in [5, 5.41) is 3.65. The summed E-state index contributed by atoms with van der Waals surface area (Å²) < 4.78 is 0. The van der Waals surface area contributed by atoms with Crippen molar-refractivity contribution in [3.8, 4) is 0 Å². The summed E-state index contributed by atoms with van der Waals surface area (Å²) in [4.78, 5) is 14.8. The van der Waals surface area contributed by atoms with Crippen LogP contribution in [0.4, 0.5) is 11.4 Å². The summed E-state index contributed by atoms with van der Waals surface area (Å²) in [5.41, 5.74) is 8.31. The average Bonchev–Trinajstić information content (AvgIpc) is 3.05. The summed E-state index contributed by atoms with van der Waals surface area (Å²) in [6.07, 6.45) is 11.2. The molecule has 1 saturated heterocycles. The van der Waals surface area contributed by atoms with Gasteiger partial charge in [-0.05, 0) is 43.9 Å². The number of anilines is 2. The van der Waals surface area contributed by atoms with Gasteiger partial charge in [0.1, 0.15) is 0 Å². The topological polar surface area (TPSA) is 58.4 Å². The highest BCUT2D eigenvalue weighted by atomic mass is 16.2. The molecule has 0 aromatic heterocycles. The molecule has 1 saturated carbocycles. The molecule has 1 aromatic carbocycles. The first-order valence-electron chi connectivity index (χ1n) is 9.19. The molecule has 4 heteroatoms.